The second-order valence-electron chi connectivity index (χ2n) is 3.93. The zero-order valence-corrected chi connectivity index (χ0v) is 9.89. The van der Waals surface area contributed by atoms with E-state index in [1.807, 2.05) is 0 Å². The maximum Gasteiger partial charge on any atom is 0.218 e. The number of methoxy groups -OCH3 is 1. The van der Waals surface area contributed by atoms with Crippen LogP contribution in [0, 0.1) is 0 Å². The van der Waals surface area contributed by atoms with Crippen molar-refractivity contribution in [3.8, 4) is 5.88 Å². The summed E-state index contributed by atoms with van der Waals surface area (Å²) < 4.78 is 16.0. The molecule has 6 nitrogen and oxygen atoms in total. The molecule has 2 N–H and O–H groups in total. The molecule has 0 amide bonds. The van der Waals surface area contributed by atoms with Crippen LogP contribution in [-0.2, 0) is 16.1 Å². The van der Waals surface area contributed by atoms with Crippen molar-refractivity contribution < 1.29 is 14.2 Å². The van der Waals surface area contributed by atoms with E-state index in [-0.39, 0.29) is 6.10 Å². The van der Waals surface area contributed by atoms with E-state index in [1.165, 1.54) is 0 Å². The smallest absolute Gasteiger partial charge is 0.218 e. The summed E-state index contributed by atoms with van der Waals surface area (Å²) in [6, 6.07) is 1.61. The molecule has 17 heavy (non-hydrogen) atoms. The first-order chi connectivity index (χ1) is 8.28. The van der Waals surface area contributed by atoms with Crippen LogP contribution in [0.5, 0.6) is 5.88 Å². The summed E-state index contributed by atoms with van der Waals surface area (Å²) in [6.45, 7) is 1.64. The van der Waals surface area contributed by atoms with Crippen molar-refractivity contribution in [3.05, 3.63) is 11.9 Å². The van der Waals surface area contributed by atoms with Gasteiger partial charge in [-0.15, -0.1) is 0 Å². The Morgan fingerprint density at radius 3 is 3.12 bits per heavy atom. The monoisotopic (exact) mass is 239 g/mol. The van der Waals surface area contributed by atoms with E-state index >= 15 is 0 Å². The fourth-order valence-electron chi connectivity index (χ4n) is 1.71. The van der Waals surface area contributed by atoms with E-state index in [0.717, 1.165) is 19.4 Å². The third-order valence-electron chi connectivity index (χ3n) is 2.48. The van der Waals surface area contributed by atoms with Crippen molar-refractivity contribution >= 4 is 5.82 Å². The molecule has 94 valence electrons. The van der Waals surface area contributed by atoms with Crippen LogP contribution in [-0.4, -0.2) is 36.4 Å². The Bertz CT molecular complexity index is 367. The Hall–Kier alpha value is -1.40. The molecular formula is C11H17N3O3. The first kappa shape index (κ1) is 12.1. The predicted octanol–water partition coefficient (Wildman–Crippen LogP) is 0.763. The summed E-state index contributed by atoms with van der Waals surface area (Å²) in [7, 11) is 1.58. The first-order valence-corrected chi connectivity index (χ1v) is 5.64. The van der Waals surface area contributed by atoms with Crippen molar-refractivity contribution in [2.45, 2.75) is 25.6 Å². The summed E-state index contributed by atoms with van der Waals surface area (Å²) in [4.78, 5) is 8.22. The number of nitrogen functional groups attached to an aromatic ring is 1. The topological polar surface area (TPSA) is 79.5 Å². The van der Waals surface area contributed by atoms with Gasteiger partial charge in [-0.1, -0.05) is 0 Å². The highest BCUT2D eigenvalue weighted by molar-refractivity contribution is 5.32. The van der Waals surface area contributed by atoms with Gasteiger partial charge in [0, 0.05) is 19.8 Å². The Labute approximate surface area is 100 Å². The molecule has 1 aromatic heterocycles. The average Bonchev–Trinajstić information content (AvgIpc) is 2.79. The summed E-state index contributed by atoms with van der Waals surface area (Å²) >= 11 is 0. The minimum Gasteiger partial charge on any atom is -0.475 e. The lowest BCUT2D eigenvalue weighted by molar-refractivity contribution is 0.0660. The van der Waals surface area contributed by atoms with E-state index in [2.05, 4.69) is 9.97 Å². The molecule has 0 radical (unpaired) electrons. The Kier molecular flexibility index (Phi) is 4.11. The zero-order chi connectivity index (χ0) is 12.1. The second kappa shape index (κ2) is 5.79. The molecule has 1 aliphatic rings. The first-order valence-electron chi connectivity index (χ1n) is 5.64. The number of anilines is 1. The van der Waals surface area contributed by atoms with Gasteiger partial charge in [-0.2, -0.15) is 4.98 Å². The molecule has 0 spiro atoms. The lowest BCUT2D eigenvalue weighted by Gasteiger charge is -2.11. The van der Waals surface area contributed by atoms with Gasteiger partial charge in [-0.3, -0.25) is 0 Å². The fraction of sp³-hybridized carbons (Fsp3) is 0.636. The fourth-order valence-corrected chi connectivity index (χ4v) is 1.71. The number of aromatic nitrogens is 2. The molecule has 1 atom stereocenters. The summed E-state index contributed by atoms with van der Waals surface area (Å²) in [5.41, 5.74) is 5.66. The number of hydrogen-bond donors (Lipinski definition) is 1. The lowest BCUT2D eigenvalue weighted by Crippen LogP contribution is -2.17. The third-order valence-corrected chi connectivity index (χ3v) is 2.48. The van der Waals surface area contributed by atoms with Crippen LogP contribution >= 0.6 is 0 Å². The minimum atomic E-state index is 0.164. The van der Waals surface area contributed by atoms with Crippen molar-refractivity contribution in [2.75, 3.05) is 26.1 Å². The zero-order valence-electron chi connectivity index (χ0n) is 9.89. The van der Waals surface area contributed by atoms with Gasteiger partial charge in [0.15, 0.2) is 5.82 Å². The van der Waals surface area contributed by atoms with Gasteiger partial charge < -0.3 is 19.9 Å². The molecule has 0 aliphatic carbocycles. The second-order valence-corrected chi connectivity index (χ2v) is 3.93. The SMILES string of the molecule is COCc1nc(N)cc(OCC2CCCO2)n1. The quantitative estimate of drug-likeness (QED) is 0.817. The van der Waals surface area contributed by atoms with Crippen LogP contribution in [0.2, 0.25) is 0 Å². The molecular weight excluding hydrogens is 222 g/mol. The summed E-state index contributed by atoms with van der Waals surface area (Å²) in [6.07, 6.45) is 2.29. The number of hydrogen-bond acceptors (Lipinski definition) is 6. The van der Waals surface area contributed by atoms with Crippen LogP contribution < -0.4 is 10.5 Å². The Morgan fingerprint density at radius 2 is 2.41 bits per heavy atom. The minimum absolute atomic E-state index is 0.164. The van der Waals surface area contributed by atoms with Gasteiger partial charge in [0.05, 0.1) is 6.10 Å². The van der Waals surface area contributed by atoms with E-state index in [4.69, 9.17) is 19.9 Å². The van der Waals surface area contributed by atoms with Crippen LogP contribution in [0.25, 0.3) is 0 Å². The molecule has 2 heterocycles. The molecule has 1 saturated heterocycles. The third kappa shape index (κ3) is 3.54. The molecule has 2 rings (SSSR count). The summed E-state index contributed by atoms with van der Waals surface area (Å²) in [5, 5.41) is 0. The van der Waals surface area contributed by atoms with Gasteiger partial charge in [-0.05, 0) is 12.8 Å². The van der Waals surface area contributed by atoms with Crippen LogP contribution in [0.1, 0.15) is 18.7 Å². The molecule has 0 bridgehead atoms. The Morgan fingerprint density at radius 1 is 1.53 bits per heavy atom. The molecule has 0 aromatic carbocycles. The van der Waals surface area contributed by atoms with Crippen LogP contribution in [0.4, 0.5) is 5.82 Å². The largest absolute Gasteiger partial charge is 0.475 e. The number of rotatable bonds is 5. The van der Waals surface area contributed by atoms with E-state index in [1.54, 1.807) is 13.2 Å². The van der Waals surface area contributed by atoms with E-state index < -0.39 is 0 Å². The Balaban J connectivity index is 1.94. The maximum absolute atomic E-state index is 5.66. The van der Waals surface area contributed by atoms with E-state index in [0.29, 0.717) is 30.7 Å². The normalized spacial score (nSPS) is 19.5. The highest BCUT2D eigenvalue weighted by Crippen LogP contribution is 2.16. The number of nitrogens with zero attached hydrogens (tertiary/aromatic N) is 2. The molecule has 1 unspecified atom stereocenters. The highest BCUT2D eigenvalue weighted by atomic mass is 16.5. The van der Waals surface area contributed by atoms with Crippen LogP contribution in [0.15, 0.2) is 6.07 Å². The molecule has 1 fully saturated rings. The van der Waals surface area contributed by atoms with Gasteiger partial charge in [0.25, 0.3) is 0 Å². The number of nitrogens with two attached hydrogens (primary N) is 1. The van der Waals surface area contributed by atoms with Gasteiger partial charge in [0.1, 0.15) is 19.0 Å². The average molecular weight is 239 g/mol. The molecule has 6 heteroatoms. The lowest BCUT2D eigenvalue weighted by atomic mass is 10.2. The summed E-state index contributed by atoms with van der Waals surface area (Å²) in [5.74, 6) is 1.38. The highest BCUT2D eigenvalue weighted by Gasteiger charge is 2.16. The maximum atomic E-state index is 5.66. The molecule has 1 aromatic rings. The van der Waals surface area contributed by atoms with Gasteiger partial charge in [-0.25, -0.2) is 4.98 Å². The predicted molar refractivity (Wildman–Crippen MR) is 61.6 cm³/mol. The van der Waals surface area contributed by atoms with Crippen molar-refractivity contribution in [2.24, 2.45) is 0 Å². The van der Waals surface area contributed by atoms with Crippen LogP contribution in [0.3, 0.4) is 0 Å². The van der Waals surface area contributed by atoms with E-state index in [9.17, 15) is 0 Å². The standard InChI is InChI=1S/C11H17N3O3/c1-15-7-10-13-9(12)5-11(14-10)17-6-8-3-2-4-16-8/h5,8H,2-4,6-7H2,1H3,(H2,12,13,14). The van der Waals surface area contributed by atoms with Crippen molar-refractivity contribution in [1.29, 1.82) is 0 Å². The van der Waals surface area contributed by atoms with Crippen molar-refractivity contribution in [3.63, 3.8) is 0 Å². The molecule has 0 saturated carbocycles. The number of ether oxygens (including phenoxy) is 3. The molecule has 1 aliphatic heterocycles. The van der Waals surface area contributed by atoms with Gasteiger partial charge >= 0.3 is 0 Å². The van der Waals surface area contributed by atoms with Gasteiger partial charge in [0.2, 0.25) is 5.88 Å². The van der Waals surface area contributed by atoms with Crippen molar-refractivity contribution in [1.82, 2.24) is 9.97 Å².